The van der Waals surface area contributed by atoms with Gasteiger partial charge < -0.3 is 26.3 Å². The van der Waals surface area contributed by atoms with E-state index in [9.17, 15) is 22.8 Å². The van der Waals surface area contributed by atoms with Crippen LogP contribution >= 0.6 is 0 Å². The predicted molar refractivity (Wildman–Crippen MR) is 226 cm³/mol. The number of carbonyl (C=O) groups excluding carboxylic acids is 3. The van der Waals surface area contributed by atoms with Gasteiger partial charge in [-0.3, -0.25) is 19.8 Å². The Balaban J connectivity index is 1.48. The third-order valence-electron chi connectivity index (χ3n) is 9.77. The van der Waals surface area contributed by atoms with Gasteiger partial charge in [0, 0.05) is 50.9 Å². The highest BCUT2D eigenvalue weighted by Gasteiger charge is 2.30. The average molecular weight is 812 g/mol. The number of sulfonamides is 1. The molecule has 0 aliphatic heterocycles. The first-order valence-electron chi connectivity index (χ1n) is 19.7. The van der Waals surface area contributed by atoms with E-state index in [4.69, 9.17) is 26.4 Å². The molecule has 0 fully saturated rings. The molecule has 310 valence electrons. The number of aryl methyl sites for hydroxylation is 2. The molecule has 7 N–H and O–H groups in total. The zero-order valence-electron chi connectivity index (χ0n) is 33.3. The standard InChI is InChI=1S/C45H57N5O7S/c1-56-24-25-57-23-22-41(51)21-18-34-11-5-14-38(26-34)32-58(54,55)50-42(15-7-10-33-8-3-2-4-9-33)43(52)29-40(28-36-12-6-13-37(27-36)30-46)45(53)49-31-35-16-19-39(20-17-35)44(47)48/h2-6,8-9,11-14,16-17,19-20,26-27,40,42,50H,7,10,15,18,21-25,28-32,46H2,1H3,(H3,47,48)(H,49,53)/t40-,42-/m1/s1. The number of rotatable bonds is 27. The Bertz CT molecular complexity index is 2040. The van der Waals surface area contributed by atoms with E-state index in [0.29, 0.717) is 69.6 Å². The molecule has 0 spiro atoms. The zero-order chi connectivity index (χ0) is 41.8. The van der Waals surface area contributed by atoms with Crippen molar-refractivity contribution in [1.29, 1.82) is 5.41 Å². The van der Waals surface area contributed by atoms with E-state index >= 15 is 0 Å². The molecule has 0 saturated carbocycles. The van der Waals surface area contributed by atoms with Crippen LogP contribution in [0.1, 0.15) is 71.0 Å². The molecule has 0 radical (unpaired) electrons. The molecule has 4 rings (SSSR count). The van der Waals surface area contributed by atoms with Crippen molar-refractivity contribution in [2.45, 2.75) is 76.3 Å². The lowest BCUT2D eigenvalue weighted by atomic mass is 9.89. The molecule has 0 unspecified atom stereocenters. The number of nitrogen functional groups attached to an aromatic ring is 1. The minimum absolute atomic E-state index is 0.0522. The van der Waals surface area contributed by atoms with Crippen LogP contribution in [0.3, 0.4) is 0 Å². The Morgan fingerprint density at radius 1 is 0.759 bits per heavy atom. The van der Waals surface area contributed by atoms with Crippen molar-refractivity contribution in [2.24, 2.45) is 17.4 Å². The van der Waals surface area contributed by atoms with Crippen molar-refractivity contribution < 1.29 is 32.3 Å². The van der Waals surface area contributed by atoms with Crippen LogP contribution in [0.5, 0.6) is 0 Å². The first-order chi connectivity index (χ1) is 27.9. The highest BCUT2D eigenvalue weighted by molar-refractivity contribution is 7.88. The molecule has 13 heteroatoms. The molecule has 0 aliphatic carbocycles. The summed E-state index contributed by atoms with van der Waals surface area (Å²) in [5.74, 6) is -1.89. The molecule has 4 aromatic rings. The fourth-order valence-electron chi connectivity index (χ4n) is 6.58. The SMILES string of the molecule is COCCOCCC(=O)CCc1cccc(CS(=O)(=O)N[C@H](CCCc2ccccc2)C(=O)C[C@@H](Cc2cccc(CN)c2)C(=O)NCc2ccc(C(=N)N)cc2)c1. The normalized spacial score (nSPS) is 12.4. The summed E-state index contributed by atoms with van der Waals surface area (Å²) in [5.41, 5.74) is 17.0. The molecule has 0 aromatic heterocycles. The summed E-state index contributed by atoms with van der Waals surface area (Å²) < 4.78 is 40.6. The van der Waals surface area contributed by atoms with Gasteiger partial charge in [-0.15, -0.1) is 0 Å². The lowest BCUT2D eigenvalue weighted by Gasteiger charge is -2.22. The van der Waals surface area contributed by atoms with Crippen molar-refractivity contribution in [3.05, 3.63) is 142 Å². The Morgan fingerprint density at radius 2 is 1.43 bits per heavy atom. The Morgan fingerprint density at radius 3 is 2.14 bits per heavy atom. The zero-order valence-corrected chi connectivity index (χ0v) is 34.1. The third kappa shape index (κ3) is 16.4. The molecule has 0 bridgehead atoms. The van der Waals surface area contributed by atoms with Gasteiger partial charge in [0.2, 0.25) is 15.9 Å². The van der Waals surface area contributed by atoms with Crippen molar-refractivity contribution in [3.8, 4) is 0 Å². The first-order valence-corrected chi connectivity index (χ1v) is 21.3. The molecule has 12 nitrogen and oxygen atoms in total. The second-order valence-electron chi connectivity index (χ2n) is 14.4. The molecule has 1 amide bonds. The quantitative estimate of drug-likeness (QED) is 0.0314. The minimum Gasteiger partial charge on any atom is -0.384 e. The number of amidine groups is 1. The summed E-state index contributed by atoms with van der Waals surface area (Å²) in [7, 11) is -2.44. The van der Waals surface area contributed by atoms with Crippen molar-refractivity contribution in [2.75, 3.05) is 26.9 Å². The number of ketones is 2. The van der Waals surface area contributed by atoms with E-state index in [2.05, 4.69) is 10.0 Å². The summed E-state index contributed by atoms with van der Waals surface area (Å²) >= 11 is 0. The van der Waals surface area contributed by atoms with Crippen molar-refractivity contribution in [1.82, 2.24) is 10.0 Å². The monoisotopic (exact) mass is 811 g/mol. The van der Waals surface area contributed by atoms with E-state index in [0.717, 1.165) is 27.8 Å². The van der Waals surface area contributed by atoms with Crippen LogP contribution in [0.15, 0.2) is 103 Å². The first kappa shape index (κ1) is 45.6. The van der Waals surface area contributed by atoms with Gasteiger partial charge in [-0.1, -0.05) is 103 Å². The summed E-state index contributed by atoms with van der Waals surface area (Å²) in [5, 5.41) is 10.6. The van der Waals surface area contributed by atoms with Crippen LogP contribution in [-0.4, -0.2) is 64.7 Å². The molecule has 0 saturated heterocycles. The van der Waals surface area contributed by atoms with Crippen LogP contribution in [0.4, 0.5) is 0 Å². The van der Waals surface area contributed by atoms with Gasteiger partial charge in [0.15, 0.2) is 5.78 Å². The maximum atomic E-state index is 14.2. The van der Waals surface area contributed by atoms with Gasteiger partial charge in [-0.2, -0.15) is 0 Å². The van der Waals surface area contributed by atoms with Crippen LogP contribution in [0, 0.1) is 11.3 Å². The number of hydrogen-bond acceptors (Lipinski definition) is 9. The number of amides is 1. The number of benzene rings is 4. The average Bonchev–Trinajstić information content (AvgIpc) is 3.21. The van der Waals surface area contributed by atoms with E-state index < -0.39 is 22.0 Å². The van der Waals surface area contributed by atoms with Gasteiger partial charge in [0.1, 0.15) is 11.6 Å². The number of nitrogens with one attached hydrogen (secondary N) is 3. The largest absolute Gasteiger partial charge is 0.384 e. The van der Waals surface area contributed by atoms with E-state index in [-0.39, 0.29) is 54.9 Å². The predicted octanol–water partition coefficient (Wildman–Crippen LogP) is 4.93. The van der Waals surface area contributed by atoms with Gasteiger partial charge >= 0.3 is 0 Å². The second-order valence-corrected chi connectivity index (χ2v) is 16.2. The van der Waals surface area contributed by atoms with Crippen molar-refractivity contribution >= 4 is 33.3 Å². The molecule has 0 heterocycles. The molecule has 58 heavy (non-hydrogen) atoms. The molecule has 2 atom stereocenters. The highest BCUT2D eigenvalue weighted by atomic mass is 32.2. The number of methoxy groups -OCH3 is 1. The minimum atomic E-state index is -4.02. The summed E-state index contributed by atoms with van der Waals surface area (Å²) in [6, 6.07) is 30.3. The summed E-state index contributed by atoms with van der Waals surface area (Å²) in [6.07, 6.45) is 2.53. The highest BCUT2D eigenvalue weighted by Crippen LogP contribution is 2.20. The second kappa shape index (κ2) is 24.0. The topological polar surface area (TPSA) is 204 Å². The number of ether oxygens (including phenoxy) is 2. The maximum Gasteiger partial charge on any atom is 0.224 e. The Kier molecular flexibility index (Phi) is 18.9. The fraction of sp³-hybridized carbons (Fsp3) is 0.378. The van der Waals surface area contributed by atoms with Gasteiger partial charge in [-0.25, -0.2) is 13.1 Å². The molecule has 4 aromatic carbocycles. The smallest absolute Gasteiger partial charge is 0.224 e. The number of Topliss-reactive ketones (excluding diaryl/α,β-unsaturated/α-hetero) is 2. The van der Waals surface area contributed by atoms with E-state index in [1.807, 2.05) is 60.7 Å². The number of hydrogen-bond donors (Lipinski definition) is 5. The van der Waals surface area contributed by atoms with Gasteiger partial charge in [0.05, 0.1) is 31.6 Å². The summed E-state index contributed by atoms with van der Waals surface area (Å²) in [6.45, 7) is 1.71. The van der Waals surface area contributed by atoms with Crippen LogP contribution in [-0.2, 0) is 72.0 Å². The maximum absolute atomic E-state index is 14.2. The number of nitrogens with two attached hydrogens (primary N) is 2. The van der Waals surface area contributed by atoms with E-state index in [1.54, 1.807) is 49.6 Å². The van der Waals surface area contributed by atoms with Crippen LogP contribution < -0.4 is 21.5 Å². The van der Waals surface area contributed by atoms with Gasteiger partial charge in [0.25, 0.3) is 0 Å². The molecular formula is C45H57N5O7S. The fourth-order valence-corrected chi connectivity index (χ4v) is 7.96. The van der Waals surface area contributed by atoms with Crippen LogP contribution in [0.25, 0.3) is 0 Å². The van der Waals surface area contributed by atoms with Gasteiger partial charge in [-0.05, 0) is 65.5 Å². The Labute approximate surface area is 342 Å². The van der Waals surface area contributed by atoms with Crippen molar-refractivity contribution in [3.63, 3.8) is 0 Å². The summed E-state index contributed by atoms with van der Waals surface area (Å²) in [4.78, 5) is 40.5. The van der Waals surface area contributed by atoms with E-state index in [1.165, 1.54) is 0 Å². The van der Waals surface area contributed by atoms with Crippen LogP contribution in [0.2, 0.25) is 0 Å². The lowest BCUT2D eigenvalue weighted by molar-refractivity contribution is -0.130. The molecule has 0 aliphatic rings. The lowest BCUT2D eigenvalue weighted by Crippen LogP contribution is -2.43. The Hall–Kier alpha value is -5.05. The number of carbonyl (C=O) groups is 3. The molecular weight excluding hydrogens is 755 g/mol. The third-order valence-corrected chi connectivity index (χ3v) is 11.1.